The smallest absolute Gasteiger partial charge is 0.214 e. The van der Waals surface area contributed by atoms with Crippen molar-refractivity contribution in [2.75, 3.05) is 20.0 Å². The molecule has 0 atom stereocenters. The fourth-order valence-electron chi connectivity index (χ4n) is 1.73. The van der Waals surface area contributed by atoms with Gasteiger partial charge in [0.25, 0.3) is 0 Å². The Hall–Kier alpha value is -2.09. The Kier molecular flexibility index (Phi) is 5.25. The maximum atomic E-state index is 12.1. The molecule has 7 nitrogen and oxygen atoms in total. The molecule has 0 radical (unpaired) electrons. The number of benzene rings is 1. The molecular formula is C15H20N4O3S. The van der Waals surface area contributed by atoms with Crippen LogP contribution >= 0.6 is 11.8 Å². The van der Waals surface area contributed by atoms with Gasteiger partial charge in [0.15, 0.2) is 0 Å². The molecule has 1 aromatic heterocycles. The van der Waals surface area contributed by atoms with E-state index in [0.717, 1.165) is 0 Å². The number of thioether (sulfide) groups is 1. The second-order valence-corrected chi connectivity index (χ2v) is 6.82. The van der Waals surface area contributed by atoms with Crippen molar-refractivity contribution in [1.29, 1.82) is 0 Å². The quantitative estimate of drug-likeness (QED) is 0.749. The summed E-state index contributed by atoms with van der Waals surface area (Å²) in [5.41, 5.74) is 0.265. The van der Waals surface area contributed by atoms with Crippen LogP contribution < -0.4 is 9.47 Å². The third kappa shape index (κ3) is 4.01. The average molecular weight is 336 g/mol. The summed E-state index contributed by atoms with van der Waals surface area (Å²) in [6.07, 6.45) is 0. The molecule has 0 spiro atoms. The van der Waals surface area contributed by atoms with E-state index in [4.69, 9.17) is 9.47 Å². The summed E-state index contributed by atoms with van der Waals surface area (Å²) in [5, 5.41) is 12.2. The molecule has 0 aliphatic heterocycles. The van der Waals surface area contributed by atoms with Gasteiger partial charge in [-0.1, -0.05) is 32.5 Å². The van der Waals surface area contributed by atoms with E-state index in [9.17, 15) is 4.79 Å². The van der Waals surface area contributed by atoms with Crippen LogP contribution in [0.2, 0.25) is 0 Å². The number of carbonyl (C=O) groups excluding carboxylic acids is 1. The molecule has 23 heavy (non-hydrogen) atoms. The van der Waals surface area contributed by atoms with Crippen molar-refractivity contribution >= 4 is 17.5 Å². The molecule has 0 N–H and O–H groups in total. The SMILES string of the molecule is COc1ccc(OC)c(-n2nnnc2SCC(=O)C(C)(C)C)c1. The number of rotatable bonds is 6. The van der Waals surface area contributed by atoms with E-state index in [0.29, 0.717) is 28.1 Å². The minimum absolute atomic E-state index is 0.134. The summed E-state index contributed by atoms with van der Waals surface area (Å²) in [6.45, 7) is 5.68. The fraction of sp³-hybridized carbons (Fsp3) is 0.467. The summed E-state index contributed by atoms with van der Waals surface area (Å²) in [5.74, 6) is 1.71. The summed E-state index contributed by atoms with van der Waals surface area (Å²) in [7, 11) is 3.16. The lowest BCUT2D eigenvalue weighted by Gasteiger charge is -2.16. The zero-order chi connectivity index (χ0) is 17.0. The molecular weight excluding hydrogens is 316 g/mol. The van der Waals surface area contributed by atoms with Crippen LogP contribution in [0.3, 0.4) is 0 Å². The third-order valence-corrected chi connectivity index (χ3v) is 4.14. The standard InChI is InChI=1S/C15H20N4O3S/c1-15(2,3)13(20)9-23-14-16-17-18-19(14)11-8-10(21-4)6-7-12(11)22-5/h6-8H,9H2,1-5H3. The number of hydrogen-bond acceptors (Lipinski definition) is 7. The highest BCUT2D eigenvalue weighted by molar-refractivity contribution is 7.99. The summed E-state index contributed by atoms with van der Waals surface area (Å²) >= 11 is 1.30. The van der Waals surface area contributed by atoms with Gasteiger partial charge in [0.05, 0.1) is 20.0 Å². The first-order chi connectivity index (χ1) is 10.9. The largest absolute Gasteiger partial charge is 0.497 e. The minimum atomic E-state index is -0.390. The monoisotopic (exact) mass is 336 g/mol. The number of ketones is 1. The zero-order valence-corrected chi connectivity index (χ0v) is 14.7. The van der Waals surface area contributed by atoms with Crippen LogP contribution in [0.4, 0.5) is 0 Å². The Bertz CT molecular complexity index is 694. The second kappa shape index (κ2) is 6.99. The first kappa shape index (κ1) is 17.3. The molecule has 0 saturated carbocycles. The van der Waals surface area contributed by atoms with Crippen LogP contribution in [0.1, 0.15) is 20.8 Å². The van der Waals surface area contributed by atoms with Gasteiger partial charge in [0.1, 0.15) is 23.0 Å². The van der Waals surface area contributed by atoms with Gasteiger partial charge in [-0.3, -0.25) is 4.79 Å². The number of carbonyl (C=O) groups is 1. The van der Waals surface area contributed by atoms with Crippen molar-refractivity contribution in [3.8, 4) is 17.2 Å². The highest BCUT2D eigenvalue weighted by Crippen LogP contribution is 2.30. The van der Waals surface area contributed by atoms with Crippen LogP contribution in [-0.4, -0.2) is 46.0 Å². The lowest BCUT2D eigenvalue weighted by atomic mass is 9.92. The predicted molar refractivity (Wildman–Crippen MR) is 87.4 cm³/mol. The summed E-state index contributed by atoms with van der Waals surface area (Å²) in [6, 6.07) is 5.36. The second-order valence-electron chi connectivity index (χ2n) is 5.87. The molecule has 0 aliphatic carbocycles. The van der Waals surface area contributed by atoms with Gasteiger partial charge in [-0.2, -0.15) is 4.68 Å². The van der Waals surface area contributed by atoms with E-state index in [2.05, 4.69) is 15.5 Å². The number of tetrazole rings is 1. The molecule has 2 aromatic rings. The van der Waals surface area contributed by atoms with Crippen molar-refractivity contribution in [2.24, 2.45) is 5.41 Å². The van der Waals surface area contributed by atoms with Gasteiger partial charge < -0.3 is 9.47 Å². The van der Waals surface area contributed by atoms with Crippen molar-refractivity contribution in [2.45, 2.75) is 25.9 Å². The van der Waals surface area contributed by atoms with Gasteiger partial charge in [0.2, 0.25) is 5.16 Å². The lowest BCUT2D eigenvalue weighted by molar-refractivity contribution is -0.123. The number of nitrogens with zero attached hydrogens (tertiary/aromatic N) is 4. The molecule has 0 aliphatic rings. The molecule has 0 unspecified atom stereocenters. The predicted octanol–water partition coefficient (Wildman–Crippen LogP) is 2.39. The van der Waals surface area contributed by atoms with E-state index < -0.39 is 0 Å². The Morgan fingerprint density at radius 1 is 1.26 bits per heavy atom. The van der Waals surface area contributed by atoms with E-state index in [1.165, 1.54) is 11.8 Å². The Morgan fingerprint density at radius 2 is 2.00 bits per heavy atom. The fourth-order valence-corrected chi connectivity index (χ4v) is 2.77. The topological polar surface area (TPSA) is 79.1 Å². The maximum absolute atomic E-state index is 12.1. The molecule has 8 heteroatoms. The number of aromatic nitrogens is 4. The van der Waals surface area contributed by atoms with Crippen LogP contribution in [-0.2, 0) is 4.79 Å². The molecule has 1 heterocycles. The van der Waals surface area contributed by atoms with E-state index >= 15 is 0 Å². The normalized spacial score (nSPS) is 11.3. The van der Waals surface area contributed by atoms with Gasteiger partial charge in [0, 0.05) is 11.5 Å². The molecule has 0 fully saturated rings. The van der Waals surface area contributed by atoms with E-state index in [-0.39, 0.29) is 11.2 Å². The molecule has 124 valence electrons. The highest BCUT2D eigenvalue weighted by atomic mass is 32.2. The van der Waals surface area contributed by atoms with Gasteiger partial charge in [-0.05, 0) is 22.6 Å². The Labute approximate surface area is 139 Å². The van der Waals surface area contributed by atoms with Crippen molar-refractivity contribution in [1.82, 2.24) is 20.2 Å². The summed E-state index contributed by atoms with van der Waals surface area (Å²) < 4.78 is 12.1. The molecule has 0 amide bonds. The maximum Gasteiger partial charge on any atom is 0.214 e. The number of methoxy groups -OCH3 is 2. The van der Waals surface area contributed by atoms with Crippen LogP contribution in [0.15, 0.2) is 23.4 Å². The van der Waals surface area contributed by atoms with Crippen LogP contribution in [0.25, 0.3) is 5.69 Å². The molecule has 2 rings (SSSR count). The van der Waals surface area contributed by atoms with Gasteiger partial charge in [-0.15, -0.1) is 5.10 Å². The molecule has 0 saturated heterocycles. The summed E-state index contributed by atoms with van der Waals surface area (Å²) in [4.78, 5) is 12.1. The van der Waals surface area contributed by atoms with Gasteiger partial charge in [-0.25, -0.2) is 0 Å². The molecule has 0 bridgehead atoms. The van der Waals surface area contributed by atoms with Crippen molar-refractivity contribution in [3.63, 3.8) is 0 Å². The van der Waals surface area contributed by atoms with E-state index in [1.807, 2.05) is 20.8 Å². The Morgan fingerprint density at radius 3 is 2.61 bits per heavy atom. The number of hydrogen-bond donors (Lipinski definition) is 0. The van der Waals surface area contributed by atoms with Crippen molar-refractivity contribution < 1.29 is 14.3 Å². The van der Waals surface area contributed by atoms with E-state index in [1.54, 1.807) is 37.1 Å². The van der Waals surface area contributed by atoms with Crippen LogP contribution in [0.5, 0.6) is 11.5 Å². The third-order valence-electron chi connectivity index (χ3n) is 3.22. The first-order valence-electron chi connectivity index (χ1n) is 7.03. The van der Waals surface area contributed by atoms with Gasteiger partial charge >= 0.3 is 0 Å². The number of ether oxygens (including phenoxy) is 2. The highest BCUT2D eigenvalue weighted by Gasteiger charge is 2.23. The van der Waals surface area contributed by atoms with Crippen LogP contribution in [0, 0.1) is 5.41 Å². The number of Topliss-reactive ketones (excluding diaryl/α,β-unsaturated/α-hetero) is 1. The Balaban J connectivity index is 2.29. The zero-order valence-electron chi connectivity index (χ0n) is 13.9. The average Bonchev–Trinajstić information content (AvgIpc) is 2.99. The van der Waals surface area contributed by atoms with Crippen molar-refractivity contribution in [3.05, 3.63) is 18.2 Å². The first-order valence-corrected chi connectivity index (χ1v) is 8.02. The molecule has 1 aromatic carbocycles. The lowest BCUT2D eigenvalue weighted by Crippen LogP contribution is -2.22. The minimum Gasteiger partial charge on any atom is -0.497 e.